The maximum Gasteiger partial charge on any atom is 0.223 e. The molecule has 1 aliphatic carbocycles. The Balaban J connectivity index is 1.64. The van der Waals surface area contributed by atoms with Crippen LogP contribution in [0.4, 0.5) is 0 Å². The minimum Gasteiger partial charge on any atom is -0.356 e. The average molecular weight is 253 g/mol. The molecule has 0 aromatic carbocycles. The topological polar surface area (TPSA) is 58.4 Å². The molecule has 4 nitrogen and oxygen atoms in total. The van der Waals surface area contributed by atoms with Gasteiger partial charge in [-0.05, 0) is 44.7 Å². The molecule has 4 heteroatoms. The van der Waals surface area contributed by atoms with Crippen molar-refractivity contribution in [2.24, 2.45) is 17.6 Å². The summed E-state index contributed by atoms with van der Waals surface area (Å²) >= 11 is 0. The highest BCUT2D eigenvalue weighted by molar-refractivity contribution is 5.78. The van der Waals surface area contributed by atoms with Crippen LogP contribution >= 0.6 is 0 Å². The second-order valence-electron chi connectivity index (χ2n) is 5.80. The third-order valence-corrected chi connectivity index (χ3v) is 4.44. The van der Waals surface area contributed by atoms with Crippen LogP contribution in [-0.4, -0.2) is 43.5 Å². The lowest BCUT2D eigenvalue weighted by Crippen LogP contribution is -2.42. The van der Waals surface area contributed by atoms with E-state index in [-0.39, 0.29) is 11.8 Å². The zero-order chi connectivity index (χ0) is 12.8. The molecule has 1 amide bonds. The molecule has 2 rings (SSSR count). The Labute approximate surface area is 110 Å². The van der Waals surface area contributed by atoms with Gasteiger partial charge in [0.1, 0.15) is 0 Å². The lowest BCUT2D eigenvalue weighted by molar-refractivity contribution is -0.126. The van der Waals surface area contributed by atoms with E-state index < -0.39 is 0 Å². The molecule has 0 bridgehead atoms. The van der Waals surface area contributed by atoms with E-state index in [0.29, 0.717) is 0 Å². The van der Waals surface area contributed by atoms with Crippen molar-refractivity contribution in [1.29, 1.82) is 0 Å². The van der Waals surface area contributed by atoms with Crippen molar-refractivity contribution in [2.75, 3.05) is 32.7 Å². The highest BCUT2D eigenvalue weighted by Gasteiger charge is 2.25. The number of nitrogens with two attached hydrogens (primary N) is 1. The van der Waals surface area contributed by atoms with Gasteiger partial charge in [0.05, 0.1) is 0 Å². The zero-order valence-corrected chi connectivity index (χ0v) is 11.4. The smallest absolute Gasteiger partial charge is 0.223 e. The van der Waals surface area contributed by atoms with Gasteiger partial charge in [0.2, 0.25) is 5.91 Å². The van der Waals surface area contributed by atoms with Crippen LogP contribution in [0.25, 0.3) is 0 Å². The second kappa shape index (κ2) is 7.10. The second-order valence-corrected chi connectivity index (χ2v) is 5.80. The van der Waals surface area contributed by atoms with Crippen molar-refractivity contribution in [2.45, 2.75) is 38.5 Å². The van der Waals surface area contributed by atoms with Gasteiger partial charge in [0.25, 0.3) is 0 Å². The fraction of sp³-hybridized carbons (Fsp3) is 0.929. The van der Waals surface area contributed by atoms with Gasteiger partial charge in [-0.2, -0.15) is 0 Å². The minimum atomic E-state index is 0.237. The number of nitrogens with zero attached hydrogens (tertiary/aromatic N) is 1. The van der Waals surface area contributed by atoms with Gasteiger partial charge < -0.3 is 16.0 Å². The number of hydrogen-bond acceptors (Lipinski definition) is 3. The average Bonchev–Trinajstić information content (AvgIpc) is 2.90. The van der Waals surface area contributed by atoms with Crippen LogP contribution in [0.2, 0.25) is 0 Å². The summed E-state index contributed by atoms with van der Waals surface area (Å²) in [5.74, 6) is 1.26. The summed E-state index contributed by atoms with van der Waals surface area (Å²) in [6.45, 7) is 4.65. The summed E-state index contributed by atoms with van der Waals surface area (Å²) in [7, 11) is 0. The predicted octanol–water partition coefficient (Wildman–Crippen LogP) is 0.963. The highest BCUT2D eigenvalue weighted by atomic mass is 16.1. The molecule has 104 valence electrons. The molecule has 1 aliphatic heterocycles. The first kappa shape index (κ1) is 13.8. The Kier molecular flexibility index (Phi) is 5.45. The Morgan fingerprint density at radius 1 is 1.17 bits per heavy atom. The molecule has 2 fully saturated rings. The van der Waals surface area contributed by atoms with Crippen LogP contribution in [-0.2, 0) is 4.79 Å². The van der Waals surface area contributed by atoms with Crippen molar-refractivity contribution >= 4 is 5.91 Å². The van der Waals surface area contributed by atoms with Gasteiger partial charge in [-0.3, -0.25) is 4.79 Å². The molecule has 1 saturated carbocycles. The lowest BCUT2D eigenvalue weighted by atomic mass is 9.95. The number of rotatable bonds is 5. The Hall–Kier alpha value is -0.610. The van der Waals surface area contributed by atoms with E-state index in [4.69, 9.17) is 5.73 Å². The zero-order valence-electron chi connectivity index (χ0n) is 11.4. The molecule has 0 aromatic heterocycles. The molecule has 0 spiro atoms. The van der Waals surface area contributed by atoms with Crippen molar-refractivity contribution in [3.8, 4) is 0 Å². The Bertz CT molecular complexity index is 256. The van der Waals surface area contributed by atoms with Crippen LogP contribution < -0.4 is 11.1 Å². The van der Waals surface area contributed by atoms with Crippen molar-refractivity contribution < 1.29 is 4.79 Å². The molecule has 1 heterocycles. The van der Waals surface area contributed by atoms with Gasteiger partial charge >= 0.3 is 0 Å². The summed E-state index contributed by atoms with van der Waals surface area (Å²) < 4.78 is 0. The molecular weight excluding hydrogens is 226 g/mol. The molecule has 0 radical (unpaired) electrons. The van der Waals surface area contributed by atoms with Gasteiger partial charge in [0.15, 0.2) is 0 Å². The number of nitrogens with one attached hydrogen (secondary N) is 1. The van der Waals surface area contributed by atoms with Crippen LogP contribution in [0.15, 0.2) is 0 Å². The molecule has 1 saturated heterocycles. The molecular formula is C14H27N3O. The molecule has 0 aromatic rings. The van der Waals surface area contributed by atoms with Crippen LogP contribution in [0, 0.1) is 11.8 Å². The fourth-order valence-corrected chi connectivity index (χ4v) is 3.21. The van der Waals surface area contributed by atoms with Crippen LogP contribution in [0.3, 0.4) is 0 Å². The Morgan fingerprint density at radius 3 is 2.44 bits per heavy atom. The number of carbonyl (C=O) groups is 1. The summed E-state index contributed by atoms with van der Waals surface area (Å²) in [6.07, 6.45) is 7.29. The van der Waals surface area contributed by atoms with Crippen LogP contribution in [0.1, 0.15) is 38.5 Å². The monoisotopic (exact) mass is 253 g/mol. The summed E-state index contributed by atoms with van der Waals surface area (Å²) in [4.78, 5) is 14.4. The highest BCUT2D eigenvalue weighted by Crippen LogP contribution is 2.24. The first-order valence-electron chi connectivity index (χ1n) is 7.49. The van der Waals surface area contributed by atoms with E-state index in [0.717, 1.165) is 51.5 Å². The number of amides is 1. The van der Waals surface area contributed by atoms with Gasteiger partial charge in [-0.1, -0.05) is 12.8 Å². The van der Waals surface area contributed by atoms with Crippen LogP contribution in [0.5, 0.6) is 0 Å². The number of carbonyl (C=O) groups excluding carboxylic acids is 1. The van der Waals surface area contributed by atoms with Gasteiger partial charge in [-0.25, -0.2) is 0 Å². The van der Waals surface area contributed by atoms with E-state index in [9.17, 15) is 4.79 Å². The molecule has 0 atom stereocenters. The maximum atomic E-state index is 12.1. The van der Waals surface area contributed by atoms with Crippen molar-refractivity contribution in [3.05, 3.63) is 0 Å². The van der Waals surface area contributed by atoms with Crippen molar-refractivity contribution in [3.63, 3.8) is 0 Å². The van der Waals surface area contributed by atoms with Gasteiger partial charge in [-0.15, -0.1) is 0 Å². The molecule has 2 aliphatic rings. The predicted molar refractivity (Wildman–Crippen MR) is 73.2 cm³/mol. The quantitative estimate of drug-likeness (QED) is 0.767. The Morgan fingerprint density at radius 2 is 1.83 bits per heavy atom. The summed E-state index contributed by atoms with van der Waals surface area (Å²) in [5, 5.41) is 3.16. The first-order chi connectivity index (χ1) is 8.79. The van der Waals surface area contributed by atoms with Gasteiger partial charge in [0, 0.05) is 25.6 Å². The number of likely N-dealkylation sites (tertiary alicyclic amines) is 1. The fourth-order valence-electron chi connectivity index (χ4n) is 3.21. The first-order valence-corrected chi connectivity index (χ1v) is 7.49. The van der Waals surface area contributed by atoms with E-state index in [1.54, 1.807) is 0 Å². The lowest BCUT2D eigenvalue weighted by Gasteiger charge is -2.31. The summed E-state index contributed by atoms with van der Waals surface area (Å²) in [6, 6.07) is 0. The molecule has 0 unspecified atom stereocenters. The van der Waals surface area contributed by atoms with Crippen molar-refractivity contribution in [1.82, 2.24) is 10.2 Å². The SMILES string of the molecule is NCCN1CCC(C(=O)NCC2CCCC2)CC1. The number of piperidine rings is 1. The third kappa shape index (κ3) is 3.95. The third-order valence-electron chi connectivity index (χ3n) is 4.44. The normalized spacial score (nSPS) is 23.4. The summed E-state index contributed by atoms with van der Waals surface area (Å²) in [5.41, 5.74) is 5.55. The van der Waals surface area contributed by atoms with E-state index in [2.05, 4.69) is 10.2 Å². The van der Waals surface area contributed by atoms with E-state index in [1.165, 1.54) is 25.7 Å². The largest absolute Gasteiger partial charge is 0.356 e. The molecule has 3 N–H and O–H groups in total. The maximum absolute atomic E-state index is 12.1. The molecule has 18 heavy (non-hydrogen) atoms. The van der Waals surface area contributed by atoms with E-state index in [1.807, 2.05) is 0 Å². The number of hydrogen-bond donors (Lipinski definition) is 2. The van der Waals surface area contributed by atoms with E-state index >= 15 is 0 Å². The standard InChI is InChI=1S/C14H27N3O/c15-7-10-17-8-5-13(6-9-17)14(18)16-11-12-3-1-2-4-12/h12-13H,1-11,15H2,(H,16,18). The minimum absolute atomic E-state index is 0.237.